The normalized spacial score (nSPS) is 28.5. The molecule has 4 nitrogen and oxygen atoms in total. The van der Waals surface area contributed by atoms with Crippen LogP contribution in [0.25, 0.3) is 0 Å². The first-order valence-electron chi connectivity index (χ1n) is 10.8. The summed E-state index contributed by atoms with van der Waals surface area (Å²) in [4.78, 5) is 0. The summed E-state index contributed by atoms with van der Waals surface area (Å²) in [6.07, 6.45) is 1.41. The zero-order valence-corrected chi connectivity index (χ0v) is 17.9. The topological polar surface area (TPSA) is 42.5 Å². The van der Waals surface area contributed by atoms with E-state index in [9.17, 15) is 13.2 Å². The Hall–Kier alpha value is -2.25. The average Bonchev–Trinajstić information content (AvgIpc) is 3.11. The number of methoxy groups -OCH3 is 1. The molecule has 1 aromatic carbocycles. The van der Waals surface area contributed by atoms with E-state index in [1.54, 1.807) is 13.2 Å². The van der Waals surface area contributed by atoms with Crippen LogP contribution in [0.4, 0.5) is 13.2 Å². The first-order valence-corrected chi connectivity index (χ1v) is 10.8. The van der Waals surface area contributed by atoms with Gasteiger partial charge in [0, 0.05) is 29.7 Å². The van der Waals surface area contributed by atoms with Gasteiger partial charge < -0.3 is 20.1 Å². The van der Waals surface area contributed by atoms with Crippen molar-refractivity contribution < 1.29 is 22.6 Å². The molecule has 1 unspecified atom stereocenters. The van der Waals surface area contributed by atoms with E-state index in [1.165, 1.54) is 11.8 Å². The maximum atomic E-state index is 13.7. The van der Waals surface area contributed by atoms with E-state index in [0.717, 1.165) is 31.9 Å². The number of piperidine rings is 1. The highest BCUT2D eigenvalue weighted by molar-refractivity contribution is 5.52. The van der Waals surface area contributed by atoms with Crippen LogP contribution in [0.5, 0.6) is 0 Å². The lowest BCUT2D eigenvalue weighted by Gasteiger charge is -2.34. The molecule has 0 amide bonds. The quantitative estimate of drug-likeness (QED) is 0.667. The van der Waals surface area contributed by atoms with Crippen molar-refractivity contribution in [3.63, 3.8) is 0 Å². The van der Waals surface area contributed by atoms with Gasteiger partial charge in [0.15, 0.2) is 0 Å². The van der Waals surface area contributed by atoms with Gasteiger partial charge in [-0.2, -0.15) is 13.2 Å². The van der Waals surface area contributed by atoms with Gasteiger partial charge in [0.1, 0.15) is 5.76 Å². The molecule has 2 aliphatic heterocycles. The van der Waals surface area contributed by atoms with Crippen LogP contribution >= 0.6 is 0 Å². The molecule has 1 saturated heterocycles. The number of alkyl halides is 3. The molecule has 0 bridgehead atoms. The van der Waals surface area contributed by atoms with Crippen molar-refractivity contribution in [2.75, 3.05) is 20.2 Å². The van der Waals surface area contributed by atoms with Crippen LogP contribution in [0.3, 0.4) is 0 Å². The van der Waals surface area contributed by atoms with Gasteiger partial charge in [-0.15, -0.1) is 0 Å². The Morgan fingerprint density at radius 2 is 2.03 bits per heavy atom. The Morgan fingerprint density at radius 3 is 2.74 bits per heavy atom. The lowest BCUT2D eigenvalue weighted by Crippen LogP contribution is -2.46. The van der Waals surface area contributed by atoms with Crippen LogP contribution in [0.1, 0.15) is 44.2 Å². The molecular weight excluding hydrogens is 405 g/mol. The molecule has 31 heavy (non-hydrogen) atoms. The third-order valence-corrected chi connectivity index (χ3v) is 6.53. The fraction of sp³-hybridized carbons (Fsp3) is 0.500. The molecule has 7 heteroatoms. The second-order valence-corrected chi connectivity index (χ2v) is 8.47. The van der Waals surface area contributed by atoms with Crippen LogP contribution in [0.15, 0.2) is 65.1 Å². The van der Waals surface area contributed by atoms with Gasteiger partial charge in [-0.1, -0.05) is 30.3 Å². The lowest BCUT2D eigenvalue weighted by atomic mass is 9.83. The molecule has 1 fully saturated rings. The summed E-state index contributed by atoms with van der Waals surface area (Å²) in [7, 11) is 1.57. The first-order chi connectivity index (χ1) is 14.8. The van der Waals surface area contributed by atoms with E-state index < -0.39 is 11.8 Å². The summed E-state index contributed by atoms with van der Waals surface area (Å²) in [5, 5.41) is 7.21. The van der Waals surface area contributed by atoms with E-state index >= 15 is 0 Å². The van der Waals surface area contributed by atoms with Gasteiger partial charge in [-0.05, 0) is 56.5 Å². The first kappa shape index (κ1) is 22.0. The van der Waals surface area contributed by atoms with Crippen LogP contribution < -0.4 is 10.6 Å². The number of hydrogen-bond acceptors (Lipinski definition) is 4. The fourth-order valence-corrected chi connectivity index (χ4v) is 4.68. The maximum absolute atomic E-state index is 13.7. The van der Waals surface area contributed by atoms with Crippen molar-refractivity contribution in [1.29, 1.82) is 0 Å². The Balaban J connectivity index is 1.46. The molecule has 3 aliphatic rings. The second-order valence-electron chi connectivity index (χ2n) is 8.47. The predicted molar refractivity (Wildman–Crippen MR) is 113 cm³/mol. The van der Waals surface area contributed by atoms with Crippen molar-refractivity contribution in [2.45, 2.75) is 56.5 Å². The molecule has 0 saturated carbocycles. The number of halogens is 3. The Kier molecular flexibility index (Phi) is 6.17. The number of fused-ring (bicyclic) bond motifs is 1. The zero-order valence-electron chi connectivity index (χ0n) is 17.9. The predicted octanol–water partition coefficient (Wildman–Crippen LogP) is 4.93. The Labute approximate surface area is 181 Å². The molecule has 1 aromatic rings. The maximum Gasteiger partial charge on any atom is 0.432 e. The highest BCUT2D eigenvalue weighted by Crippen LogP contribution is 2.50. The number of benzene rings is 1. The van der Waals surface area contributed by atoms with E-state index in [0.29, 0.717) is 30.7 Å². The van der Waals surface area contributed by atoms with Crippen molar-refractivity contribution in [3.8, 4) is 0 Å². The zero-order chi connectivity index (χ0) is 22.1. The number of ether oxygens (including phenoxy) is 2. The van der Waals surface area contributed by atoms with Crippen molar-refractivity contribution >= 4 is 0 Å². The van der Waals surface area contributed by atoms with Crippen LogP contribution in [-0.4, -0.2) is 38.0 Å². The molecule has 168 valence electrons. The third kappa shape index (κ3) is 4.26. The minimum absolute atomic E-state index is 0.192. The van der Waals surface area contributed by atoms with Crippen LogP contribution in [-0.2, 0) is 9.47 Å². The van der Waals surface area contributed by atoms with E-state index in [4.69, 9.17) is 9.47 Å². The Bertz CT molecular complexity index is 892. The highest BCUT2D eigenvalue weighted by Gasteiger charge is 2.59. The summed E-state index contributed by atoms with van der Waals surface area (Å²) in [6, 6.07) is 10.8. The molecule has 1 aliphatic carbocycles. The number of allylic oxidation sites excluding steroid dienone is 2. The number of rotatable bonds is 6. The van der Waals surface area contributed by atoms with Gasteiger partial charge in [0.2, 0.25) is 5.60 Å². The van der Waals surface area contributed by atoms with Crippen molar-refractivity contribution in [1.82, 2.24) is 10.6 Å². The van der Waals surface area contributed by atoms with Crippen LogP contribution in [0, 0.1) is 0 Å². The van der Waals surface area contributed by atoms with Gasteiger partial charge in [0.25, 0.3) is 0 Å². The minimum Gasteiger partial charge on any atom is -0.500 e. The number of nitrogens with one attached hydrogen (secondary N) is 2. The minimum atomic E-state index is -4.48. The molecular formula is C24H29F3N2O2. The van der Waals surface area contributed by atoms with Gasteiger partial charge in [0.05, 0.1) is 13.4 Å². The van der Waals surface area contributed by atoms with Crippen LogP contribution in [0.2, 0.25) is 0 Å². The van der Waals surface area contributed by atoms with Gasteiger partial charge >= 0.3 is 6.18 Å². The Morgan fingerprint density at radius 1 is 1.26 bits per heavy atom. The summed E-state index contributed by atoms with van der Waals surface area (Å²) >= 11 is 0. The summed E-state index contributed by atoms with van der Waals surface area (Å²) in [5.41, 5.74) is 0.468. The summed E-state index contributed by atoms with van der Waals surface area (Å²) in [5.74, 6) is 0.702. The van der Waals surface area contributed by atoms with E-state index in [-0.39, 0.29) is 17.7 Å². The molecule has 2 heterocycles. The van der Waals surface area contributed by atoms with Crippen molar-refractivity contribution in [3.05, 3.63) is 70.7 Å². The van der Waals surface area contributed by atoms with Gasteiger partial charge in [-0.3, -0.25) is 0 Å². The molecule has 0 aromatic heterocycles. The largest absolute Gasteiger partial charge is 0.500 e. The molecule has 4 rings (SSSR count). The van der Waals surface area contributed by atoms with Gasteiger partial charge in [-0.25, -0.2) is 0 Å². The number of hydrogen-bond donors (Lipinski definition) is 2. The summed E-state index contributed by atoms with van der Waals surface area (Å²) < 4.78 is 51.6. The smallest absolute Gasteiger partial charge is 0.432 e. The molecule has 3 atom stereocenters. The fourth-order valence-electron chi connectivity index (χ4n) is 4.68. The van der Waals surface area contributed by atoms with Crippen molar-refractivity contribution in [2.24, 2.45) is 0 Å². The lowest BCUT2D eigenvalue weighted by molar-refractivity contribution is -0.233. The second kappa shape index (κ2) is 8.71. The molecule has 2 N–H and O–H groups in total. The molecule has 0 radical (unpaired) electrons. The standard InChI is InChI=1S/C24H29F3N2O2/c1-23(24(25,26)27)19-13-17(21(30-2)14-18(19)15-31-23)10-12-28-20-9-6-11-29-22(20)16-7-4-3-5-8-16/h3-5,7-8,13,15,20,22,28-29H,6,9-12,14H2,1-2H3/t20-,22-,23?/m0/s1. The SMILES string of the molecule is COC1=C(CCN[C@H]2CCCN[C@H]2c2ccccc2)C=C2C(=COC2(C)C(F)(F)F)C1. The summed E-state index contributed by atoms with van der Waals surface area (Å²) in [6.45, 7) is 2.73. The third-order valence-electron chi connectivity index (χ3n) is 6.53. The van der Waals surface area contributed by atoms with E-state index in [2.05, 4.69) is 22.8 Å². The monoisotopic (exact) mass is 434 g/mol. The van der Waals surface area contributed by atoms with E-state index in [1.807, 2.05) is 18.2 Å². The molecule has 0 spiro atoms. The average molecular weight is 435 g/mol. The highest BCUT2D eigenvalue weighted by atomic mass is 19.4.